The lowest BCUT2D eigenvalue weighted by Crippen LogP contribution is -2.38. The Morgan fingerprint density at radius 3 is 2.27 bits per heavy atom. The number of allylic oxidation sites excluding steroid dienone is 4. The fourth-order valence-electron chi connectivity index (χ4n) is 2.62. The monoisotopic (exact) mass is 306 g/mol. The van der Waals surface area contributed by atoms with Crippen LogP contribution in [0.5, 0.6) is 0 Å². The lowest BCUT2D eigenvalue weighted by molar-refractivity contribution is -0.168. The van der Waals surface area contributed by atoms with Crippen molar-refractivity contribution in [3.8, 4) is 0 Å². The van der Waals surface area contributed by atoms with Gasteiger partial charge in [-0.2, -0.15) is 0 Å². The zero-order valence-corrected chi connectivity index (χ0v) is 13.1. The second kappa shape index (κ2) is 7.73. The molecule has 0 aromatic rings. The molecule has 0 unspecified atom stereocenters. The summed E-state index contributed by atoms with van der Waals surface area (Å²) in [5, 5.41) is 0. The Hall–Kier alpha value is -2.17. The number of carbonyl (C=O) groups is 3. The van der Waals surface area contributed by atoms with Gasteiger partial charge in [0.25, 0.3) is 0 Å². The van der Waals surface area contributed by atoms with Crippen molar-refractivity contribution in [2.24, 2.45) is 5.41 Å². The van der Waals surface area contributed by atoms with E-state index in [-0.39, 0.29) is 18.6 Å². The molecule has 0 atom stereocenters. The van der Waals surface area contributed by atoms with Crippen LogP contribution in [0.15, 0.2) is 36.5 Å². The van der Waals surface area contributed by atoms with Crippen molar-refractivity contribution in [2.45, 2.75) is 32.1 Å². The van der Waals surface area contributed by atoms with E-state index < -0.39 is 17.4 Å². The van der Waals surface area contributed by atoms with Gasteiger partial charge in [-0.1, -0.05) is 24.8 Å². The maximum Gasteiger partial charge on any atom is 0.323 e. The molecular weight excluding hydrogens is 284 g/mol. The number of methoxy groups -OCH3 is 2. The minimum absolute atomic E-state index is 0.00196. The summed E-state index contributed by atoms with van der Waals surface area (Å²) in [4.78, 5) is 35.2. The summed E-state index contributed by atoms with van der Waals surface area (Å²) in [7, 11) is 2.50. The highest BCUT2D eigenvalue weighted by Crippen LogP contribution is 2.46. The van der Waals surface area contributed by atoms with Gasteiger partial charge in [-0.3, -0.25) is 14.4 Å². The van der Waals surface area contributed by atoms with Crippen molar-refractivity contribution in [1.82, 2.24) is 0 Å². The van der Waals surface area contributed by atoms with Crippen LogP contribution in [0, 0.1) is 5.41 Å². The molecule has 0 aliphatic heterocycles. The summed E-state index contributed by atoms with van der Waals surface area (Å²) >= 11 is 0. The van der Waals surface area contributed by atoms with Gasteiger partial charge in [0.1, 0.15) is 0 Å². The van der Waals surface area contributed by atoms with E-state index in [0.29, 0.717) is 19.3 Å². The summed E-state index contributed by atoms with van der Waals surface area (Å²) in [5.74, 6) is -1.21. The van der Waals surface area contributed by atoms with Crippen molar-refractivity contribution in [2.75, 3.05) is 14.2 Å². The van der Waals surface area contributed by atoms with Gasteiger partial charge < -0.3 is 9.47 Å². The topological polar surface area (TPSA) is 69.7 Å². The van der Waals surface area contributed by atoms with Crippen molar-refractivity contribution >= 4 is 17.7 Å². The van der Waals surface area contributed by atoms with Crippen LogP contribution in [0.2, 0.25) is 0 Å². The number of esters is 2. The fourth-order valence-corrected chi connectivity index (χ4v) is 2.62. The standard InChI is InChI=1S/C17H22O5/c1-5-14(18)9-7-6-8-13-11-17(10-12(13)2,15(19)21-3)16(20)22-4/h5,8H,1-2,6-7,9-11H2,3-4H3/b13-8+. The Balaban J connectivity index is 2.82. The van der Waals surface area contributed by atoms with Crippen LogP contribution in [0.1, 0.15) is 32.1 Å². The Labute approximate surface area is 130 Å². The number of ether oxygens (including phenoxy) is 2. The SMILES string of the molecule is C=CC(=O)CCC/C=C1\CC(C(=O)OC)(C(=O)OC)CC1=C. The third-order valence-electron chi connectivity index (χ3n) is 3.86. The van der Waals surface area contributed by atoms with E-state index in [1.165, 1.54) is 20.3 Å². The number of hydrogen-bond acceptors (Lipinski definition) is 5. The molecule has 1 aliphatic carbocycles. The lowest BCUT2D eigenvalue weighted by Gasteiger charge is -2.21. The summed E-state index contributed by atoms with van der Waals surface area (Å²) in [6.07, 6.45) is 5.44. The van der Waals surface area contributed by atoms with Crippen molar-refractivity contribution < 1.29 is 23.9 Å². The van der Waals surface area contributed by atoms with Crippen LogP contribution < -0.4 is 0 Å². The van der Waals surface area contributed by atoms with E-state index in [1.807, 2.05) is 6.08 Å². The molecule has 1 fully saturated rings. The molecule has 0 aromatic carbocycles. The minimum Gasteiger partial charge on any atom is -0.468 e. The Morgan fingerprint density at radius 1 is 1.18 bits per heavy atom. The molecule has 1 aliphatic rings. The van der Waals surface area contributed by atoms with Crippen LogP contribution in [0.3, 0.4) is 0 Å². The number of ketones is 1. The molecule has 0 N–H and O–H groups in total. The third-order valence-corrected chi connectivity index (χ3v) is 3.86. The number of hydrogen-bond donors (Lipinski definition) is 0. The molecule has 0 aromatic heterocycles. The van der Waals surface area contributed by atoms with Crippen LogP contribution in [0.4, 0.5) is 0 Å². The molecule has 5 nitrogen and oxygen atoms in total. The lowest BCUT2D eigenvalue weighted by atomic mass is 9.85. The van der Waals surface area contributed by atoms with Crippen molar-refractivity contribution in [3.05, 3.63) is 36.5 Å². The van der Waals surface area contributed by atoms with Gasteiger partial charge in [-0.05, 0) is 37.3 Å². The highest BCUT2D eigenvalue weighted by molar-refractivity contribution is 6.01. The van der Waals surface area contributed by atoms with E-state index in [9.17, 15) is 14.4 Å². The first-order valence-electron chi connectivity index (χ1n) is 7.10. The molecule has 0 bridgehead atoms. The van der Waals surface area contributed by atoms with Gasteiger partial charge in [0.15, 0.2) is 11.2 Å². The summed E-state index contributed by atoms with van der Waals surface area (Å²) in [6, 6.07) is 0. The summed E-state index contributed by atoms with van der Waals surface area (Å²) in [6.45, 7) is 7.35. The zero-order chi connectivity index (χ0) is 16.8. The van der Waals surface area contributed by atoms with Crippen LogP contribution >= 0.6 is 0 Å². The van der Waals surface area contributed by atoms with Gasteiger partial charge in [-0.25, -0.2) is 0 Å². The predicted molar refractivity (Wildman–Crippen MR) is 82.0 cm³/mol. The average Bonchev–Trinajstić information content (AvgIpc) is 2.87. The second-order valence-electron chi connectivity index (χ2n) is 5.31. The first-order chi connectivity index (χ1) is 10.4. The maximum atomic E-state index is 12.0. The Bertz CT molecular complexity index is 511. The zero-order valence-electron chi connectivity index (χ0n) is 13.1. The second-order valence-corrected chi connectivity index (χ2v) is 5.31. The van der Waals surface area contributed by atoms with E-state index in [2.05, 4.69) is 13.2 Å². The first-order valence-corrected chi connectivity index (χ1v) is 7.10. The molecule has 1 rings (SSSR count). The van der Waals surface area contributed by atoms with Gasteiger partial charge in [0.05, 0.1) is 14.2 Å². The summed E-state index contributed by atoms with van der Waals surface area (Å²) in [5.41, 5.74) is 0.247. The Kier molecular flexibility index (Phi) is 6.28. The van der Waals surface area contributed by atoms with Gasteiger partial charge >= 0.3 is 11.9 Å². The molecule has 0 radical (unpaired) electrons. The van der Waals surface area contributed by atoms with Gasteiger partial charge in [0.2, 0.25) is 0 Å². The minimum atomic E-state index is -1.33. The number of carbonyl (C=O) groups excluding carboxylic acids is 3. The maximum absolute atomic E-state index is 12.0. The quantitative estimate of drug-likeness (QED) is 0.313. The third kappa shape index (κ3) is 3.72. The highest BCUT2D eigenvalue weighted by Gasteiger charge is 2.53. The van der Waals surface area contributed by atoms with Gasteiger partial charge in [0, 0.05) is 6.42 Å². The molecule has 22 heavy (non-hydrogen) atoms. The molecule has 1 saturated carbocycles. The van der Waals surface area contributed by atoms with E-state index >= 15 is 0 Å². The van der Waals surface area contributed by atoms with Crippen molar-refractivity contribution in [1.29, 1.82) is 0 Å². The molecule has 0 amide bonds. The number of rotatable bonds is 7. The molecule has 120 valence electrons. The normalized spacial score (nSPS) is 18.1. The average molecular weight is 306 g/mol. The molecule has 0 spiro atoms. The Morgan fingerprint density at radius 2 is 1.77 bits per heavy atom. The van der Waals surface area contributed by atoms with Crippen LogP contribution in [0.25, 0.3) is 0 Å². The highest BCUT2D eigenvalue weighted by atomic mass is 16.5. The smallest absolute Gasteiger partial charge is 0.323 e. The van der Waals surface area contributed by atoms with Crippen molar-refractivity contribution in [3.63, 3.8) is 0 Å². The van der Waals surface area contributed by atoms with E-state index in [1.54, 1.807) is 0 Å². The number of unbranched alkanes of at least 4 members (excludes halogenated alkanes) is 1. The van der Waals surface area contributed by atoms with Crippen LogP contribution in [-0.4, -0.2) is 31.9 Å². The van der Waals surface area contributed by atoms with Gasteiger partial charge in [-0.15, -0.1) is 0 Å². The first kappa shape index (κ1) is 17.9. The molecule has 0 saturated heterocycles. The largest absolute Gasteiger partial charge is 0.468 e. The van der Waals surface area contributed by atoms with E-state index in [4.69, 9.17) is 9.47 Å². The summed E-state index contributed by atoms with van der Waals surface area (Å²) < 4.78 is 9.53. The van der Waals surface area contributed by atoms with Crippen LogP contribution in [-0.2, 0) is 23.9 Å². The predicted octanol–water partition coefficient (Wildman–Crippen LogP) is 2.52. The molecular formula is C17H22O5. The molecule has 0 heterocycles. The molecule has 5 heteroatoms. The fraction of sp³-hybridized carbons (Fsp3) is 0.471. The van der Waals surface area contributed by atoms with E-state index in [0.717, 1.165) is 11.1 Å².